The number of carbonyl (C=O) groups excluding carboxylic acids is 2. The molecule has 3 N–H and O–H groups in total. The molecule has 2 bridgehead atoms. The van der Waals surface area contributed by atoms with Crippen molar-refractivity contribution in [3.63, 3.8) is 0 Å². The van der Waals surface area contributed by atoms with E-state index in [9.17, 15) is 14.7 Å². The van der Waals surface area contributed by atoms with E-state index in [4.69, 9.17) is 0 Å². The van der Waals surface area contributed by atoms with Crippen LogP contribution in [0.2, 0.25) is 0 Å². The van der Waals surface area contributed by atoms with Gasteiger partial charge in [-0.3, -0.25) is 14.5 Å². The molecule has 4 aromatic rings. The molecule has 1 aromatic heterocycles. The highest BCUT2D eigenvalue weighted by atomic mass is 16.3. The minimum Gasteiger partial charge on any atom is -0.360 e. The second-order valence-corrected chi connectivity index (χ2v) is 7.98. The lowest BCUT2D eigenvalue weighted by Crippen LogP contribution is -2.70. The number of anilines is 2. The van der Waals surface area contributed by atoms with E-state index < -0.39 is 17.2 Å². The first kappa shape index (κ1) is 16.0. The Balaban J connectivity index is 1.71. The van der Waals surface area contributed by atoms with Gasteiger partial charge in [-0.25, -0.2) is 0 Å². The summed E-state index contributed by atoms with van der Waals surface area (Å²) in [6.07, 6.45) is 0. The molecule has 6 nitrogen and oxygen atoms in total. The van der Waals surface area contributed by atoms with Crippen molar-refractivity contribution in [1.29, 1.82) is 0 Å². The Hall–Kier alpha value is -3.90. The predicted molar refractivity (Wildman–Crippen MR) is 112 cm³/mol. The van der Waals surface area contributed by atoms with E-state index in [0.29, 0.717) is 39.1 Å². The largest absolute Gasteiger partial charge is 0.360 e. The smallest absolute Gasteiger partial charge is 0.234 e. The van der Waals surface area contributed by atoms with Gasteiger partial charge < -0.3 is 15.4 Å². The molecular weight excluding hydrogens is 378 g/mol. The number of carbonyl (C=O) groups is 2. The summed E-state index contributed by atoms with van der Waals surface area (Å²) in [7, 11) is 0. The zero-order chi connectivity index (χ0) is 20.3. The first-order valence-electron chi connectivity index (χ1n) is 9.78. The number of ketones is 2. The molecule has 0 saturated heterocycles. The van der Waals surface area contributed by atoms with Gasteiger partial charge >= 0.3 is 0 Å². The Kier molecular flexibility index (Phi) is 2.55. The average molecular weight is 393 g/mol. The number of aliphatic hydroxyl groups is 1. The third kappa shape index (κ3) is 1.45. The summed E-state index contributed by atoms with van der Waals surface area (Å²) in [4.78, 5) is 32.8. The minimum absolute atomic E-state index is 0.202. The van der Waals surface area contributed by atoms with Crippen LogP contribution in [-0.4, -0.2) is 21.7 Å². The van der Waals surface area contributed by atoms with Crippen molar-refractivity contribution >= 4 is 33.8 Å². The highest BCUT2D eigenvalue weighted by molar-refractivity contribution is 6.26. The molecule has 0 spiro atoms. The fourth-order valence-corrected chi connectivity index (χ4v) is 5.41. The maximum absolute atomic E-state index is 14.0. The number of aromatic amines is 1. The molecule has 2 atom stereocenters. The molecule has 0 unspecified atom stereocenters. The summed E-state index contributed by atoms with van der Waals surface area (Å²) >= 11 is 0. The molecule has 3 aromatic carbocycles. The van der Waals surface area contributed by atoms with Crippen molar-refractivity contribution in [2.45, 2.75) is 11.4 Å². The average Bonchev–Trinajstić information content (AvgIpc) is 3.28. The van der Waals surface area contributed by atoms with E-state index in [-0.39, 0.29) is 5.78 Å². The second-order valence-electron chi connectivity index (χ2n) is 7.98. The Morgan fingerprint density at radius 1 is 0.833 bits per heavy atom. The summed E-state index contributed by atoms with van der Waals surface area (Å²) in [6, 6.07) is 21.7. The standard InChI is InChI=1S/C24H15N3O3/c28-21-14-8-2-6-12-18(14)27-23(21)20-19(13-7-1-4-10-16(13)25-20)22(29)24(27,30)15-9-3-5-11-17(15)26-23/h1-12,25-26,30H/t23-,24-/m0/s1. The van der Waals surface area contributed by atoms with Crippen LogP contribution >= 0.6 is 0 Å². The highest BCUT2D eigenvalue weighted by Crippen LogP contribution is 2.59. The Bertz CT molecular complexity index is 1460. The van der Waals surface area contributed by atoms with E-state index in [1.165, 1.54) is 0 Å². The van der Waals surface area contributed by atoms with Crippen molar-refractivity contribution < 1.29 is 14.7 Å². The van der Waals surface area contributed by atoms with Crippen LogP contribution in [0.5, 0.6) is 0 Å². The van der Waals surface area contributed by atoms with E-state index in [1.807, 2.05) is 30.3 Å². The van der Waals surface area contributed by atoms with Gasteiger partial charge in [-0.05, 0) is 24.3 Å². The number of nitrogens with zero attached hydrogens (tertiary/aromatic N) is 1. The van der Waals surface area contributed by atoms with Gasteiger partial charge in [0.25, 0.3) is 0 Å². The number of H-pyrrole nitrogens is 1. The van der Waals surface area contributed by atoms with Crippen LogP contribution in [-0.2, 0) is 11.4 Å². The van der Waals surface area contributed by atoms with E-state index in [2.05, 4.69) is 10.3 Å². The Morgan fingerprint density at radius 3 is 2.47 bits per heavy atom. The van der Waals surface area contributed by atoms with Crippen LogP contribution in [0.15, 0.2) is 72.8 Å². The summed E-state index contributed by atoms with van der Waals surface area (Å²) in [5, 5.41) is 16.2. The third-order valence-electron chi connectivity index (χ3n) is 6.61. The highest BCUT2D eigenvalue weighted by Gasteiger charge is 2.70. The van der Waals surface area contributed by atoms with Gasteiger partial charge in [0, 0.05) is 27.7 Å². The molecule has 0 amide bonds. The fraction of sp³-hybridized carbons (Fsp3) is 0.0833. The Morgan fingerprint density at radius 2 is 1.57 bits per heavy atom. The van der Waals surface area contributed by atoms with Crippen molar-refractivity contribution in [3.8, 4) is 0 Å². The van der Waals surface area contributed by atoms with Gasteiger partial charge in [0.15, 0.2) is 0 Å². The van der Waals surface area contributed by atoms with Crippen LogP contribution in [0, 0.1) is 0 Å². The number of hydrogen-bond acceptors (Lipinski definition) is 5. The molecule has 0 radical (unpaired) electrons. The lowest BCUT2D eigenvalue weighted by atomic mass is 9.77. The number of aromatic nitrogens is 1. The van der Waals surface area contributed by atoms with Gasteiger partial charge in [0.1, 0.15) is 0 Å². The zero-order valence-electron chi connectivity index (χ0n) is 15.6. The van der Waals surface area contributed by atoms with Crippen molar-refractivity contribution in [1.82, 2.24) is 4.98 Å². The third-order valence-corrected chi connectivity index (χ3v) is 6.61. The number of nitrogens with one attached hydrogen (secondary N) is 2. The molecule has 4 heterocycles. The number of para-hydroxylation sites is 3. The molecule has 0 saturated carbocycles. The van der Waals surface area contributed by atoms with Crippen molar-refractivity contribution in [2.75, 3.05) is 10.2 Å². The maximum Gasteiger partial charge on any atom is 0.234 e. The van der Waals surface area contributed by atoms with Crippen LogP contribution < -0.4 is 10.2 Å². The maximum atomic E-state index is 14.0. The number of hydrogen-bond donors (Lipinski definition) is 3. The quantitative estimate of drug-likeness (QED) is 0.426. The van der Waals surface area contributed by atoms with E-state index in [0.717, 1.165) is 5.52 Å². The van der Waals surface area contributed by atoms with Crippen LogP contribution in [0.4, 0.5) is 11.4 Å². The molecule has 30 heavy (non-hydrogen) atoms. The summed E-state index contributed by atoms with van der Waals surface area (Å²) in [6.45, 7) is 0. The topological polar surface area (TPSA) is 85.4 Å². The monoisotopic (exact) mass is 393 g/mol. The molecule has 3 aliphatic rings. The molecule has 0 aliphatic carbocycles. The van der Waals surface area contributed by atoms with Gasteiger partial charge in [-0.1, -0.05) is 48.5 Å². The number of benzene rings is 3. The van der Waals surface area contributed by atoms with E-state index in [1.54, 1.807) is 47.4 Å². The lowest BCUT2D eigenvalue weighted by Gasteiger charge is -2.55. The first-order chi connectivity index (χ1) is 14.6. The molecule has 0 fully saturated rings. The van der Waals surface area contributed by atoms with Gasteiger partial charge in [0.05, 0.1) is 16.9 Å². The van der Waals surface area contributed by atoms with Gasteiger partial charge in [0.2, 0.25) is 23.0 Å². The zero-order valence-corrected chi connectivity index (χ0v) is 15.6. The summed E-state index contributed by atoms with van der Waals surface area (Å²) < 4.78 is 0. The fourth-order valence-electron chi connectivity index (χ4n) is 5.41. The molecule has 144 valence electrons. The Labute approximate surface area is 170 Å². The normalized spacial score (nSPS) is 25.4. The predicted octanol–water partition coefficient (Wildman–Crippen LogP) is 3.49. The van der Waals surface area contributed by atoms with Gasteiger partial charge in [-0.15, -0.1) is 0 Å². The van der Waals surface area contributed by atoms with Crippen LogP contribution in [0.1, 0.15) is 32.0 Å². The lowest BCUT2D eigenvalue weighted by molar-refractivity contribution is 0.0105. The van der Waals surface area contributed by atoms with Crippen molar-refractivity contribution in [2.24, 2.45) is 0 Å². The number of rotatable bonds is 0. The number of Topliss-reactive ketones (excluding diaryl/α,β-unsaturated/α-hetero) is 2. The molecular formula is C24H15N3O3. The molecule has 3 aliphatic heterocycles. The minimum atomic E-state index is -2.01. The SMILES string of the molecule is O=C1c2c([nH]c3ccccc23)[C@]23Nc4ccccc4[C@@]1(O)N2c1ccccc1C3=O. The van der Waals surface area contributed by atoms with E-state index >= 15 is 0 Å². The van der Waals surface area contributed by atoms with Crippen LogP contribution in [0.3, 0.4) is 0 Å². The van der Waals surface area contributed by atoms with Crippen LogP contribution in [0.25, 0.3) is 10.9 Å². The summed E-state index contributed by atoms with van der Waals surface area (Å²) in [5.74, 6) is -0.643. The number of fused-ring (bicyclic) bond motifs is 6. The molecule has 6 heteroatoms. The second kappa shape index (κ2) is 4.80. The first-order valence-corrected chi connectivity index (χ1v) is 9.78. The molecule has 7 rings (SSSR count). The van der Waals surface area contributed by atoms with Crippen molar-refractivity contribution in [3.05, 3.63) is 95.2 Å². The van der Waals surface area contributed by atoms with Gasteiger partial charge in [-0.2, -0.15) is 0 Å². The summed E-state index contributed by atoms with van der Waals surface area (Å²) in [5.41, 5.74) is 0.121.